The van der Waals surface area contributed by atoms with E-state index in [-0.39, 0.29) is 0 Å². The summed E-state index contributed by atoms with van der Waals surface area (Å²) in [6.45, 7) is 8.99. The molecule has 1 fully saturated rings. The Morgan fingerprint density at radius 1 is 0.800 bits per heavy atom. The Bertz CT molecular complexity index is 864. The van der Waals surface area contributed by atoms with E-state index in [0.29, 0.717) is 6.79 Å². The molecular formula is C22H26N2O6. The molecule has 2 N–H and O–H groups in total. The lowest BCUT2D eigenvalue weighted by molar-refractivity contribution is -0.159. The Balaban J connectivity index is 0.000000377. The standard InChI is InChI=1S/C20H24N2O2.C2H2O4/c1-16-2-4-17(5-3-16)13-21-8-10-22(11-9-21)14-18-6-7-19-20(12-18)24-15-23-19;3-1(4)2(5)6/h2-7,12H,8-11,13-15H2,1H3;(H,3,4)(H,5,6). The van der Waals surface area contributed by atoms with Gasteiger partial charge in [0.05, 0.1) is 0 Å². The van der Waals surface area contributed by atoms with E-state index in [9.17, 15) is 0 Å². The molecule has 0 aromatic heterocycles. The Morgan fingerprint density at radius 2 is 1.30 bits per heavy atom. The summed E-state index contributed by atoms with van der Waals surface area (Å²) in [5.74, 6) is -1.91. The number of fused-ring (bicyclic) bond motifs is 1. The number of carboxylic acid groups (broad SMARTS) is 2. The number of benzene rings is 2. The Morgan fingerprint density at radius 3 is 1.87 bits per heavy atom. The lowest BCUT2D eigenvalue weighted by atomic mass is 10.1. The van der Waals surface area contributed by atoms with Gasteiger partial charge in [-0.2, -0.15) is 0 Å². The van der Waals surface area contributed by atoms with Crippen molar-refractivity contribution < 1.29 is 29.3 Å². The summed E-state index contributed by atoms with van der Waals surface area (Å²) in [5, 5.41) is 14.8. The molecule has 160 valence electrons. The van der Waals surface area contributed by atoms with Crippen LogP contribution < -0.4 is 9.47 Å². The van der Waals surface area contributed by atoms with E-state index in [1.807, 2.05) is 6.07 Å². The number of carboxylic acids is 2. The zero-order chi connectivity index (χ0) is 21.5. The topological polar surface area (TPSA) is 99.5 Å². The number of rotatable bonds is 4. The molecule has 0 unspecified atom stereocenters. The number of carbonyl (C=O) groups is 2. The van der Waals surface area contributed by atoms with Gasteiger partial charge in [0.25, 0.3) is 0 Å². The molecule has 2 aliphatic rings. The van der Waals surface area contributed by atoms with Crippen molar-refractivity contribution in [1.82, 2.24) is 9.80 Å². The van der Waals surface area contributed by atoms with Crippen molar-refractivity contribution in [3.05, 3.63) is 59.2 Å². The quantitative estimate of drug-likeness (QED) is 0.735. The smallest absolute Gasteiger partial charge is 0.414 e. The summed E-state index contributed by atoms with van der Waals surface area (Å²) in [7, 11) is 0. The van der Waals surface area contributed by atoms with E-state index in [1.54, 1.807) is 0 Å². The van der Waals surface area contributed by atoms with Crippen LogP contribution in [0.15, 0.2) is 42.5 Å². The molecule has 2 aromatic rings. The SMILES string of the molecule is Cc1ccc(CN2CCN(Cc3ccc4c(c3)OCO4)CC2)cc1.O=C(O)C(=O)O. The van der Waals surface area contributed by atoms with Gasteiger partial charge < -0.3 is 19.7 Å². The van der Waals surface area contributed by atoms with Crippen LogP contribution in [0.5, 0.6) is 11.5 Å². The van der Waals surface area contributed by atoms with Gasteiger partial charge in [-0.25, -0.2) is 9.59 Å². The molecule has 0 saturated carbocycles. The number of aryl methyl sites for hydroxylation is 1. The van der Waals surface area contributed by atoms with Gasteiger partial charge in [0.2, 0.25) is 6.79 Å². The maximum Gasteiger partial charge on any atom is 0.414 e. The van der Waals surface area contributed by atoms with Gasteiger partial charge in [0.15, 0.2) is 11.5 Å². The van der Waals surface area contributed by atoms with E-state index >= 15 is 0 Å². The molecule has 0 radical (unpaired) electrons. The largest absolute Gasteiger partial charge is 0.473 e. The second kappa shape index (κ2) is 10.1. The fourth-order valence-corrected chi connectivity index (χ4v) is 3.35. The highest BCUT2D eigenvalue weighted by molar-refractivity contribution is 6.27. The van der Waals surface area contributed by atoms with E-state index < -0.39 is 11.9 Å². The van der Waals surface area contributed by atoms with Crippen molar-refractivity contribution in [2.24, 2.45) is 0 Å². The van der Waals surface area contributed by atoms with Gasteiger partial charge in [-0.15, -0.1) is 0 Å². The molecule has 2 aliphatic heterocycles. The maximum atomic E-state index is 9.10. The average Bonchev–Trinajstić information content (AvgIpc) is 3.19. The summed E-state index contributed by atoms with van der Waals surface area (Å²) < 4.78 is 10.9. The predicted octanol–water partition coefficient (Wildman–Crippen LogP) is 2.20. The van der Waals surface area contributed by atoms with E-state index in [2.05, 4.69) is 53.1 Å². The van der Waals surface area contributed by atoms with Crippen LogP contribution >= 0.6 is 0 Å². The van der Waals surface area contributed by atoms with Crippen molar-refractivity contribution in [3.8, 4) is 11.5 Å². The first-order valence-corrected chi connectivity index (χ1v) is 9.75. The molecule has 1 saturated heterocycles. The molecule has 2 heterocycles. The zero-order valence-electron chi connectivity index (χ0n) is 16.9. The normalized spacial score (nSPS) is 15.9. The molecule has 2 aromatic carbocycles. The first kappa shape index (κ1) is 21.6. The van der Waals surface area contributed by atoms with E-state index in [0.717, 1.165) is 50.8 Å². The second-order valence-electron chi connectivity index (χ2n) is 7.34. The third kappa shape index (κ3) is 6.20. The van der Waals surface area contributed by atoms with Crippen molar-refractivity contribution >= 4 is 11.9 Å². The lowest BCUT2D eigenvalue weighted by Crippen LogP contribution is -2.45. The van der Waals surface area contributed by atoms with Crippen molar-refractivity contribution in [1.29, 1.82) is 0 Å². The Hall–Kier alpha value is -3.10. The van der Waals surface area contributed by atoms with Crippen LogP contribution in [-0.2, 0) is 22.7 Å². The lowest BCUT2D eigenvalue weighted by Gasteiger charge is -2.34. The average molecular weight is 414 g/mol. The van der Waals surface area contributed by atoms with Crippen LogP contribution in [0.3, 0.4) is 0 Å². The maximum absolute atomic E-state index is 9.10. The minimum atomic E-state index is -1.82. The third-order valence-electron chi connectivity index (χ3n) is 5.02. The molecule has 0 aliphatic carbocycles. The van der Waals surface area contributed by atoms with Gasteiger partial charge >= 0.3 is 11.9 Å². The van der Waals surface area contributed by atoms with Crippen molar-refractivity contribution in [2.45, 2.75) is 20.0 Å². The van der Waals surface area contributed by atoms with Crippen LogP contribution in [0, 0.1) is 6.92 Å². The van der Waals surface area contributed by atoms with Crippen LogP contribution in [0.4, 0.5) is 0 Å². The first-order valence-electron chi connectivity index (χ1n) is 9.75. The summed E-state index contributed by atoms with van der Waals surface area (Å²) in [6.07, 6.45) is 0. The van der Waals surface area contributed by atoms with Gasteiger partial charge in [-0.05, 0) is 30.2 Å². The highest BCUT2D eigenvalue weighted by Gasteiger charge is 2.19. The number of ether oxygens (including phenoxy) is 2. The van der Waals surface area contributed by atoms with Crippen molar-refractivity contribution in [3.63, 3.8) is 0 Å². The van der Waals surface area contributed by atoms with Gasteiger partial charge in [-0.1, -0.05) is 35.9 Å². The number of aliphatic carboxylic acids is 2. The minimum Gasteiger partial charge on any atom is -0.473 e. The summed E-state index contributed by atoms with van der Waals surface area (Å²) in [5.41, 5.74) is 4.03. The van der Waals surface area contributed by atoms with Crippen LogP contribution in [0.1, 0.15) is 16.7 Å². The highest BCUT2D eigenvalue weighted by Crippen LogP contribution is 2.32. The molecule has 0 spiro atoms. The first-order chi connectivity index (χ1) is 14.4. The van der Waals surface area contributed by atoms with Crippen LogP contribution in [0.25, 0.3) is 0 Å². The Kier molecular flexibility index (Phi) is 7.26. The third-order valence-corrected chi connectivity index (χ3v) is 5.02. The zero-order valence-corrected chi connectivity index (χ0v) is 16.9. The minimum absolute atomic E-state index is 0.344. The number of hydrogen-bond donors (Lipinski definition) is 2. The molecular weight excluding hydrogens is 388 g/mol. The van der Waals surface area contributed by atoms with E-state index in [4.69, 9.17) is 29.3 Å². The number of piperazine rings is 1. The fraction of sp³-hybridized carbons (Fsp3) is 0.364. The Labute approximate surface area is 175 Å². The summed E-state index contributed by atoms with van der Waals surface area (Å²) in [4.78, 5) is 23.3. The highest BCUT2D eigenvalue weighted by atomic mass is 16.7. The summed E-state index contributed by atoms with van der Waals surface area (Å²) in [6, 6.07) is 15.2. The molecule has 0 amide bonds. The van der Waals surface area contributed by atoms with Gasteiger partial charge in [0.1, 0.15) is 0 Å². The fourth-order valence-electron chi connectivity index (χ4n) is 3.35. The van der Waals surface area contributed by atoms with E-state index in [1.165, 1.54) is 16.7 Å². The molecule has 30 heavy (non-hydrogen) atoms. The number of nitrogens with zero attached hydrogens (tertiary/aromatic N) is 2. The van der Waals surface area contributed by atoms with Crippen LogP contribution in [0.2, 0.25) is 0 Å². The van der Waals surface area contributed by atoms with Crippen molar-refractivity contribution in [2.75, 3.05) is 33.0 Å². The second-order valence-corrected chi connectivity index (χ2v) is 7.34. The molecule has 4 rings (SSSR count). The summed E-state index contributed by atoms with van der Waals surface area (Å²) >= 11 is 0. The van der Waals surface area contributed by atoms with Gasteiger partial charge in [-0.3, -0.25) is 9.80 Å². The number of hydrogen-bond acceptors (Lipinski definition) is 6. The van der Waals surface area contributed by atoms with Gasteiger partial charge in [0, 0.05) is 39.3 Å². The monoisotopic (exact) mass is 414 g/mol. The van der Waals surface area contributed by atoms with Crippen LogP contribution in [-0.4, -0.2) is 64.9 Å². The predicted molar refractivity (Wildman–Crippen MR) is 110 cm³/mol. The molecule has 0 atom stereocenters. The molecule has 8 heteroatoms. The molecule has 0 bridgehead atoms. The molecule has 8 nitrogen and oxygen atoms in total.